The Morgan fingerprint density at radius 1 is 1.60 bits per heavy atom. The largest absolute Gasteiger partial charge is 0.344 e. The molecule has 1 aliphatic rings. The molecule has 10 heavy (non-hydrogen) atoms. The van der Waals surface area contributed by atoms with E-state index in [0.29, 0.717) is 6.42 Å². The van der Waals surface area contributed by atoms with E-state index in [9.17, 15) is 9.59 Å². The highest BCUT2D eigenvalue weighted by Crippen LogP contribution is 2.12. The van der Waals surface area contributed by atoms with Gasteiger partial charge >= 0.3 is 5.97 Å². The fourth-order valence-electron chi connectivity index (χ4n) is 0.888. The van der Waals surface area contributed by atoms with Gasteiger partial charge in [-0.3, -0.25) is 4.79 Å². The number of rotatable bonds is 2. The summed E-state index contributed by atoms with van der Waals surface area (Å²) in [5.74, 6) is -1.33. The van der Waals surface area contributed by atoms with Gasteiger partial charge in [0.05, 0.1) is 0 Å². The maximum Gasteiger partial charge on any atom is 0.344 e. The Hall–Kier alpha value is -1.06. The maximum absolute atomic E-state index is 10.7. The number of hydroxylamine groups is 1. The third kappa shape index (κ3) is 1.10. The number of hydrogen-bond donors (Lipinski definition) is 1. The number of amides is 1. The molecule has 0 aliphatic carbocycles. The summed E-state index contributed by atoms with van der Waals surface area (Å²) in [7, 11) is 0. The SMILES string of the molecule is CCCC1C(=O)NOC1=O. The van der Waals surface area contributed by atoms with Crippen molar-refractivity contribution >= 4 is 11.9 Å². The second kappa shape index (κ2) is 2.68. The standard InChI is InChI=1S/C6H9NO3/c1-2-3-4-5(8)7-10-6(4)9/h4H,2-3H2,1H3,(H,7,8). The highest BCUT2D eigenvalue weighted by Gasteiger charge is 2.34. The lowest BCUT2D eigenvalue weighted by atomic mass is 10.1. The van der Waals surface area contributed by atoms with E-state index in [-0.39, 0.29) is 5.91 Å². The molecule has 1 heterocycles. The lowest BCUT2D eigenvalue weighted by molar-refractivity contribution is -0.146. The van der Waals surface area contributed by atoms with Gasteiger partial charge in [-0.1, -0.05) is 13.3 Å². The Balaban J connectivity index is 2.54. The third-order valence-electron chi connectivity index (χ3n) is 1.43. The van der Waals surface area contributed by atoms with E-state index in [4.69, 9.17) is 0 Å². The van der Waals surface area contributed by atoms with Crippen LogP contribution in [-0.2, 0) is 14.4 Å². The van der Waals surface area contributed by atoms with Crippen LogP contribution in [0.1, 0.15) is 19.8 Å². The Labute approximate surface area is 58.5 Å². The second-order valence-corrected chi connectivity index (χ2v) is 2.23. The lowest BCUT2D eigenvalue weighted by Crippen LogP contribution is -2.19. The zero-order chi connectivity index (χ0) is 7.56. The Morgan fingerprint density at radius 2 is 2.30 bits per heavy atom. The molecule has 1 amide bonds. The predicted octanol–water partition coefficient (Wildman–Crippen LogP) is -0.00930. The summed E-state index contributed by atoms with van der Waals surface area (Å²) in [5.41, 5.74) is 2.02. The molecule has 1 N–H and O–H groups in total. The van der Waals surface area contributed by atoms with Crippen molar-refractivity contribution in [2.24, 2.45) is 5.92 Å². The first-order valence-electron chi connectivity index (χ1n) is 3.26. The van der Waals surface area contributed by atoms with E-state index in [1.165, 1.54) is 0 Å². The zero-order valence-electron chi connectivity index (χ0n) is 5.72. The van der Waals surface area contributed by atoms with Crippen LogP contribution in [0.2, 0.25) is 0 Å². The molecule has 4 heteroatoms. The van der Waals surface area contributed by atoms with Crippen molar-refractivity contribution in [3.05, 3.63) is 0 Å². The molecule has 1 rings (SSSR count). The summed E-state index contributed by atoms with van der Waals surface area (Å²) < 4.78 is 0. The topological polar surface area (TPSA) is 55.4 Å². The molecular weight excluding hydrogens is 134 g/mol. The fraction of sp³-hybridized carbons (Fsp3) is 0.667. The van der Waals surface area contributed by atoms with Gasteiger partial charge in [0.15, 0.2) is 0 Å². The molecule has 0 bridgehead atoms. The minimum Gasteiger partial charge on any atom is -0.340 e. The summed E-state index contributed by atoms with van der Waals surface area (Å²) in [6.07, 6.45) is 1.39. The van der Waals surface area contributed by atoms with Crippen LogP contribution < -0.4 is 5.48 Å². The predicted molar refractivity (Wildman–Crippen MR) is 32.6 cm³/mol. The van der Waals surface area contributed by atoms with Crippen molar-refractivity contribution in [2.45, 2.75) is 19.8 Å². The summed E-state index contributed by atoms with van der Waals surface area (Å²) >= 11 is 0. The molecular formula is C6H9NO3. The minimum absolute atomic E-state index is 0.313. The minimum atomic E-state index is -0.565. The Kier molecular flexibility index (Phi) is 1.89. The van der Waals surface area contributed by atoms with Gasteiger partial charge in [-0.05, 0) is 6.42 Å². The van der Waals surface area contributed by atoms with Crippen molar-refractivity contribution in [1.29, 1.82) is 0 Å². The summed E-state index contributed by atoms with van der Waals surface area (Å²) in [4.78, 5) is 25.7. The molecule has 0 radical (unpaired) electrons. The Bertz CT molecular complexity index is 150. The summed E-state index contributed by atoms with van der Waals surface area (Å²) in [6.45, 7) is 1.92. The molecule has 1 fully saturated rings. The van der Waals surface area contributed by atoms with Crippen LogP contribution >= 0.6 is 0 Å². The number of carbonyl (C=O) groups excluding carboxylic acids is 2. The van der Waals surface area contributed by atoms with Gasteiger partial charge in [-0.2, -0.15) is 5.48 Å². The molecule has 4 nitrogen and oxygen atoms in total. The molecule has 0 spiro atoms. The van der Waals surface area contributed by atoms with Gasteiger partial charge in [-0.15, -0.1) is 0 Å². The number of nitrogens with one attached hydrogen (secondary N) is 1. The normalized spacial score (nSPS) is 24.3. The van der Waals surface area contributed by atoms with Crippen LogP contribution in [0, 0.1) is 5.92 Å². The van der Waals surface area contributed by atoms with E-state index in [1.54, 1.807) is 0 Å². The molecule has 0 aromatic carbocycles. The highest BCUT2D eigenvalue weighted by molar-refractivity contribution is 6.01. The Morgan fingerprint density at radius 3 is 2.70 bits per heavy atom. The van der Waals surface area contributed by atoms with Crippen LogP contribution in [0.4, 0.5) is 0 Å². The zero-order valence-corrected chi connectivity index (χ0v) is 5.72. The van der Waals surface area contributed by atoms with Crippen molar-refractivity contribution in [1.82, 2.24) is 5.48 Å². The molecule has 0 aromatic rings. The first-order valence-corrected chi connectivity index (χ1v) is 3.26. The molecule has 0 aromatic heterocycles. The highest BCUT2D eigenvalue weighted by atomic mass is 16.7. The van der Waals surface area contributed by atoms with Crippen LogP contribution in [0.3, 0.4) is 0 Å². The van der Waals surface area contributed by atoms with Crippen molar-refractivity contribution < 1.29 is 14.4 Å². The summed E-state index contributed by atoms with van der Waals surface area (Å²) in [6, 6.07) is 0. The van der Waals surface area contributed by atoms with E-state index in [1.807, 2.05) is 12.4 Å². The maximum atomic E-state index is 10.7. The molecule has 1 unspecified atom stereocenters. The third-order valence-corrected chi connectivity index (χ3v) is 1.43. The fourth-order valence-corrected chi connectivity index (χ4v) is 0.888. The van der Waals surface area contributed by atoms with Gasteiger partial charge in [0.1, 0.15) is 5.92 Å². The molecule has 1 saturated heterocycles. The smallest absolute Gasteiger partial charge is 0.340 e. The summed E-state index contributed by atoms with van der Waals surface area (Å²) in [5, 5.41) is 0. The first-order chi connectivity index (χ1) is 4.75. The molecule has 56 valence electrons. The van der Waals surface area contributed by atoms with Crippen LogP contribution in [0.5, 0.6) is 0 Å². The van der Waals surface area contributed by atoms with E-state index in [2.05, 4.69) is 4.84 Å². The van der Waals surface area contributed by atoms with Crippen LogP contribution in [0.15, 0.2) is 0 Å². The van der Waals surface area contributed by atoms with E-state index in [0.717, 1.165) is 6.42 Å². The molecule has 1 aliphatic heterocycles. The van der Waals surface area contributed by atoms with Crippen molar-refractivity contribution in [3.63, 3.8) is 0 Å². The van der Waals surface area contributed by atoms with E-state index < -0.39 is 11.9 Å². The van der Waals surface area contributed by atoms with Crippen LogP contribution in [-0.4, -0.2) is 11.9 Å². The van der Waals surface area contributed by atoms with Gasteiger partial charge in [0, 0.05) is 0 Å². The monoisotopic (exact) mass is 143 g/mol. The first kappa shape index (κ1) is 7.05. The quantitative estimate of drug-likeness (QED) is 0.553. The van der Waals surface area contributed by atoms with Crippen molar-refractivity contribution in [3.8, 4) is 0 Å². The molecule has 1 atom stereocenters. The van der Waals surface area contributed by atoms with Crippen molar-refractivity contribution in [2.75, 3.05) is 0 Å². The van der Waals surface area contributed by atoms with Gasteiger partial charge in [0.2, 0.25) is 0 Å². The van der Waals surface area contributed by atoms with Crippen LogP contribution in [0.25, 0.3) is 0 Å². The molecule has 0 saturated carbocycles. The van der Waals surface area contributed by atoms with Gasteiger partial charge < -0.3 is 4.84 Å². The van der Waals surface area contributed by atoms with E-state index >= 15 is 0 Å². The average molecular weight is 143 g/mol. The van der Waals surface area contributed by atoms with Gasteiger partial charge in [-0.25, -0.2) is 4.79 Å². The number of hydrogen-bond acceptors (Lipinski definition) is 3. The van der Waals surface area contributed by atoms with Gasteiger partial charge in [0.25, 0.3) is 5.91 Å². The number of carbonyl (C=O) groups is 2. The second-order valence-electron chi connectivity index (χ2n) is 2.23. The average Bonchev–Trinajstić information content (AvgIpc) is 2.20. The lowest BCUT2D eigenvalue weighted by Gasteiger charge is -1.95.